The summed E-state index contributed by atoms with van der Waals surface area (Å²) in [7, 11) is 2.10. The zero-order valence-electron chi connectivity index (χ0n) is 31.4. The van der Waals surface area contributed by atoms with Gasteiger partial charge in [0.15, 0.2) is 12.0 Å². The van der Waals surface area contributed by atoms with E-state index >= 15 is 0 Å². The number of nitrogens with zero attached hydrogens (tertiary/aromatic N) is 5. The van der Waals surface area contributed by atoms with Gasteiger partial charge in [0.05, 0.1) is 22.6 Å². The Kier molecular flexibility index (Phi) is 7.71. The summed E-state index contributed by atoms with van der Waals surface area (Å²) in [6.07, 6.45) is -0.304. The number of hydrogen-bond donors (Lipinski definition) is 0. The highest BCUT2D eigenvalue weighted by Crippen LogP contribution is 2.55. The second kappa shape index (κ2) is 13.4. The monoisotopic (exact) mass is 731 g/mol. The molecule has 3 heterocycles. The molecule has 5 heteroatoms. The van der Waals surface area contributed by atoms with Gasteiger partial charge in [0, 0.05) is 57.0 Å². The molecule has 0 saturated carbocycles. The van der Waals surface area contributed by atoms with Gasteiger partial charge in [0.25, 0.3) is 0 Å². The van der Waals surface area contributed by atoms with Crippen LogP contribution in [0, 0.1) is 0 Å². The van der Waals surface area contributed by atoms with E-state index in [9.17, 15) is 0 Å². The summed E-state index contributed by atoms with van der Waals surface area (Å²) in [4.78, 5) is 15.1. The molecule has 2 aliphatic heterocycles. The van der Waals surface area contributed by atoms with Crippen molar-refractivity contribution in [3.8, 4) is 28.1 Å². The van der Waals surface area contributed by atoms with Crippen LogP contribution in [0.15, 0.2) is 210 Å². The minimum atomic E-state index is -0.304. The quantitative estimate of drug-likeness (QED) is 0.177. The van der Waals surface area contributed by atoms with Crippen molar-refractivity contribution in [1.29, 1.82) is 0 Å². The van der Waals surface area contributed by atoms with Crippen molar-refractivity contribution >= 4 is 50.4 Å². The third kappa shape index (κ3) is 5.31. The van der Waals surface area contributed by atoms with E-state index in [1.54, 1.807) is 0 Å². The number of aliphatic imine (C=N–C) groups is 2. The molecule has 0 saturated heterocycles. The second-order valence-corrected chi connectivity index (χ2v) is 14.6. The van der Waals surface area contributed by atoms with Crippen LogP contribution in [-0.2, 0) is 0 Å². The third-order valence-corrected chi connectivity index (χ3v) is 11.3. The fourth-order valence-corrected chi connectivity index (χ4v) is 8.80. The largest absolute Gasteiger partial charge is 0.333 e. The zero-order chi connectivity index (χ0) is 37.9. The van der Waals surface area contributed by atoms with Gasteiger partial charge < -0.3 is 14.4 Å². The molecule has 57 heavy (non-hydrogen) atoms. The number of fused-ring (bicyclic) bond motifs is 9. The molecular weight excluding hydrogens is 695 g/mol. The third-order valence-electron chi connectivity index (χ3n) is 11.3. The Morgan fingerprint density at radius 3 is 1.88 bits per heavy atom. The van der Waals surface area contributed by atoms with E-state index in [1.165, 1.54) is 38.5 Å². The van der Waals surface area contributed by atoms with Crippen LogP contribution >= 0.6 is 0 Å². The summed E-state index contributed by atoms with van der Waals surface area (Å²) in [5, 5.41) is 3.68. The number of aromatic nitrogens is 1. The van der Waals surface area contributed by atoms with Crippen LogP contribution in [0.25, 0.3) is 49.7 Å². The van der Waals surface area contributed by atoms with Gasteiger partial charge in [-0.2, -0.15) is 0 Å². The lowest BCUT2D eigenvalue weighted by molar-refractivity contribution is 0.383. The van der Waals surface area contributed by atoms with E-state index in [2.05, 4.69) is 197 Å². The smallest absolute Gasteiger partial charge is 0.159 e. The number of para-hydroxylation sites is 3. The molecule has 0 spiro atoms. The van der Waals surface area contributed by atoms with Crippen molar-refractivity contribution in [2.24, 2.45) is 9.98 Å². The summed E-state index contributed by atoms with van der Waals surface area (Å²) < 4.78 is 2.49. The highest BCUT2D eigenvalue weighted by Gasteiger charge is 2.33. The molecule has 9 aromatic rings. The van der Waals surface area contributed by atoms with Crippen molar-refractivity contribution in [3.05, 3.63) is 217 Å². The van der Waals surface area contributed by atoms with Gasteiger partial charge in [0.1, 0.15) is 5.84 Å². The SMILES string of the molecule is CN1C(c2ccccc2)=NC(c2ccccc2)=NC1c1cccc(N2c3ccccc3-c3c(n(-c4ccccc4)c4c3ccc3ccccc34)-c3ccccc32)c1. The van der Waals surface area contributed by atoms with Gasteiger partial charge in [-0.15, -0.1) is 0 Å². The molecule has 1 aromatic heterocycles. The maximum atomic E-state index is 5.33. The Labute approximate surface area is 331 Å². The average molecular weight is 732 g/mol. The summed E-state index contributed by atoms with van der Waals surface area (Å²) in [6.45, 7) is 0. The predicted molar refractivity (Wildman–Crippen MR) is 236 cm³/mol. The molecule has 11 rings (SSSR count). The van der Waals surface area contributed by atoms with Gasteiger partial charge in [-0.25, -0.2) is 9.98 Å². The fraction of sp³-hybridized carbons (Fsp3) is 0.0385. The van der Waals surface area contributed by atoms with E-state index in [-0.39, 0.29) is 6.17 Å². The lowest BCUT2D eigenvalue weighted by Crippen LogP contribution is -2.35. The first kappa shape index (κ1) is 32.9. The number of hydrogen-bond acceptors (Lipinski definition) is 4. The van der Waals surface area contributed by atoms with Crippen LogP contribution in [0.5, 0.6) is 0 Å². The first-order chi connectivity index (χ1) is 28.2. The van der Waals surface area contributed by atoms with Crippen molar-refractivity contribution in [1.82, 2.24) is 9.47 Å². The molecule has 0 bridgehead atoms. The zero-order valence-corrected chi connectivity index (χ0v) is 31.4. The summed E-state index contributed by atoms with van der Waals surface area (Å²) in [5.41, 5.74) is 13.5. The van der Waals surface area contributed by atoms with Crippen molar-refractivity contribution in [2.45, 2.75) is 6.17 Å². The average Bonchev–Trinajstić information content (AvgIpc) is 3.57. The molecular formula is C52H37N5. The molecule has 2 aliphatic rings. The maximum absolute atomic E-state index is 5.33. The van der Waals surface area contributed by atoms with E-state index in [0.717, 1.165) is 56.7 Å². The fourth-order valence-electron chi connectivity index (χ4n) is 8.80. The Balaban J connectivity index is 1.14. The Morgan fingerprint density at radius 1 is 0.491 bits per heavy atom. The number of rotatable bonds is 5. The lowest BCUT2D eigenvalue weighted by Gasteiger charge is -2.33. The molecule has 1 unspecified atom stereocenters. The number of benzene rings is 8. The van der Waals surface area contributed by atoms with E-state index < -0.39 is 0 Å². The number of amidine groups is 2. The van der Waals surface area contributed by atoms with Gasteiger partial charge in [-0.1, -0.05) is 164 Å². The molecule has 5 nitrogen and oxygen atoms in total. The van der Waals surface area contributed by atoms with E-state index in [4.69, 9.17) is 9.98 Å². The molecule has 270 valence electrons. The van der Waals surface area contributed by atoms with Gasteiger partial charge >= 0.3 is 0 Å². The van der Waals surface area contributed by atoms with Gasteiger partial charge in [-0.3, -0.25) is 0 Å². The van der Waals surface area contributed by atoms with Crippen LogP contribution in [-0.4, -0.2) is 28.2 Å². The summed E-state index contributed by atoms with van der Waals surface area (Å²) in [6, 6.07) is 71.5. The van der Waals surface area contributed by atoms with E-state index in [0.29, 0.717) is 0 Å². The molecule has 8 aromatic carbocycles. The van der Waals surface area contributed by atoms with Gasteiger partial charge in [-0.05, 0) is 47.3 Å². The molecule has 1 atom stereocenters. The highest BCUT2D eigenvalue weighted by molar-refractivity contribution is 6.19. The highest BCUT2D eigenvalue weighted by atomic mass is 15.3. The van der Waals surface area contributed by atoms with Crippen LogP contribution in [0.1, 0.15) is 22.9 Å². The first-order valence-electron chi connectivity index (χ1n) is 19.4. The van der Waals surface area contributed by atoms with Gasteiger partial charge in [0.2, 0.25) is 0 Å². The lowest BCUT2D eigenvalue weighted by atomic mass is 9.97. The van der Waals surface area contributed by atoms with E-state index in [1.807, 2.05) is 24.3 Å². The molecule has 0 aliphatic carbocycles. The topological polar surface area (TPSA) is 36.1 Å². The summed E-state index contributed by atoms with van der Waals surface area (Å²) >= 11 is 0. The standard InChI is InChI=1S/C52H37N5/c1-55-51(37-21-7-3-8-22-37)53-50(36-19-5-2-6-20-36)54-52(55)38-23-17-26-40(34-38)56-45-30-15-13-28-42(45)47-44-33-32-35-18-11-12-27-41(35)48(44)57(39-24-9-4-10-25-39)49(47)43-29-14-16-31-46(43)56/h2-34,52H,1H3. The predicted octanol–water partition coefficient (Wildman–Crippen LogP) is 12.7. The first-order valence-corrected chi connectivity index (χ1v) is 19.4. The summed E-state index contributed by atoms with van der Waals surface area (Å²) in [5.74, 6) is 1.61. The minimum absolute atomic E-state index is 0.304. The Hall–Kier alpha value is -7.50. The minimum Gasteiger partial charge on any atom is -0.333 e. The normalized spacial score (nSPS) is 14.7. The Bertz CT molecular complexity index is 3040. The van der Waals surface area contributed by atoms with Crippen molar-refractivity contribution in [2.75, 3.05) is 11.9 Å². The molecule has 0 N–H and O–H groups in total. The van der Waals surface area contributed by atoms with Crippen LogP contribution in [0.3, 0.4) is 0 Å². The van der Waals surface area contributed by atoms with Crippen LogP contribution < -0.4 is 4.90 Å². The second-order valence-electron chi connectivity index (χ2n) is 14.6. The molecule has 0 fully saturated rings. The van der Waals surface area contributed by atoms with Crippen molar-refractivity contribution in [3.63, 3.8) is 0 Å². The molecule has 0 radical (unpaired) electrons. The Morgan fingerprint density at radius 2 is 1.11 bits per heavy atom. The van der Waals surface area contributed by atoms with Crippen LogP contribution in [0.2, 0.25) is 0 Å². The van der Waals surface area contributed by atoms with Crippen molar-refractivity contribution < 1.29 is 0 Å². The number of anilines is 3. The molecule has 0 amide bonds. The van der Waals surface area contributed by atoms with Crippen LogP contribution in [0.4, 0.5) is 17.1 Å². The maximum Gasteiger partial charge on any atom is 0.159 e.